The number of hydrogen-bond acceptors (Lipinski definition) is 6. The van der Waals surface area contributed by atoms with E-state index < -0.39 is 17.9 Å². The van der Waals surface area contributed by atoms with Crippen LogP contribution in [0.5, 0.6) is 11.6 Å². The van der Waals surface area contributed by atoms with Crippen molar-refractivity contribution in [3.8, 4) is 33.9 Å². The molecule has 236 valence electrons. The first-order valence-corrected chi connectivity index (χ1v) is 14.9. The zero-order valence-corrected chi connectivity index (χ0v) is 26.2. The number of hydrogen-bond donors (Lipinski definition) is 3. The summed E-state index contributed by atoms with van der Waals surface area (Å²) in [6.45, 7) is 2.48. The lowest BCUT2D eigenvalue weighted by molar-refractivity contribution is -0.122. The molecule has 0 aliphatic heterocycles. The van der Waals surface area contributed by atoms with Crippen LogP contribution in [0.2, 0.25) is 0 Å². The van der Waals surface area contributed by atoms with Gasteiger partial charge in [-0.25, -0.2) is 9.37 Å². The molecule has 1 heterocycles. The van der Waals surface area contributed by atoms with E-state index in [1.54, 1.807) is 36.5 Å². The maximum Gasteiger partial charge on any atom is 0.258 e. The summed E-state index contributed by atoms with van der Waals surface area (Å²) < 4.78 is 20.4. The van der Waals surface area contributed by atoms with E-state index in [2.05, 4.69) is 15.6 Å². The van der Waals surface area contributed by atoms with Gasteiger partial charge in [-0.2, -0.15) is 0 Å². The van der Waals surface area contributed by atoms with Crippen molar-refractivity contribution in [3.05, 3.63) is 138 Å². The second-order valence-corrected chi connectivity index (χ2v) is 10.5. The maximum absolute atomic E-state index is 14.1. The molecule has 5 aromatic rings. The number of ether oxygens (including phenoxy) is 1. The fourth-order valence-electron chi connectivity index (χ4n) is 5.06. The molecule has 1 aromatic heterocycles. The molecular weight excluding hydrogens is 603 g/mol. The number of imide groups is 1. The molecule has 9 heteroatoms. The van der Waals surface area contributed by atoms with Crippen LogP contribution in [0.25, 0.3) is 22.3 Å². The van der Waals surface area contributed by atoms with Crippen LogP contribution in [-0.2, 0) is 17.8 Å². The minimum atomic E-state index is -0.710. The Hall–Kier alpha value is -4.89. The molecule has 4 aromatic carbocycles. The Bertz CT molecular complexity index is 1780. The van der Waals surface area contributed by atoms with E-state index >= 15 is 0 Å². The number of aromatic nitrogens is 1. The molecule has 1 unspecified atom stereocenters. The molecular formula is C37H36ClFN4O3. The Balaban J connectivity index is 0.00000480. The van der Waals surface area contributed by atoms with Gasteiger partial charge in [0.2, 0.25) is 11.8 Å². The van der Waals surface area contributed by atoms with Gasteiger partial charge in [-0.05, 0) is 78.5 Å². The molecule has 1 atom stereocenters. The Kier molecular flexibility index (Phi) is 12.1. The minimum Gasteiger partial charge on any atom is -0.438 e. The molecule has 7 nitrogen and oxygen atoms in total. The maximum atomic E-state index is 14.1. The third-order valence-corrected chi connectivity index (χ3v) is 7.44. The summed E-state index contributed by atoms with van der Waals surface area (Å²) in [6, 6.07) is 32.1. The van der Waals surface area contributed by atoms with E-state index in [4.69, 9.17) is 10.5 Å². The van der Waals surface area contributed by atoms with Crippen molar-refractivity contribution in [1.29, 1.82) is 0 Å². The average Bonchev–Trinajstić information content (AvgIpc) is 3.06. The summed E-state index contributed by atoms with van der Waals surface area (Å²) in [5.74, 6) is -0.532. The lowest BCUT2D eigenvalue weighted by Crippen LogP contribution is -2.45. The Morgan fingerprint density at radius 2 is 1.65 bits per heavy atom. The zero-order chi connectivity index (χ0) is 31.6. The summed E-state index contributed by atoms with van der Waals surface area (Å²) in [5, 5.41) is 5.62. The van der Waals surface area contributed by atoms with Crippen molar-refractivity contribution in [2.75, 3.05) is 6.54 Å². The van der Waals surface area contributed by atoms with Gasteiger partial charge >= 0.3 is 0 Å². The molecule has 0 fully saturated rings. The monoisotopic (exact) mass is 638 g/mol. The van der Waals surface area contributed by atoms with Gasteiger partial charge in [0.1, 0.15) is 11.6 Å². The Labute approximate surface area is 274 Å². The first-order chi connectivity index (χ1) is 22.0. The number of carbonyl (C=O) groups is 2. The smallest absolute Gasteiger partial charge is 0.258 e. The number of benzene rings is 4. The van der Waals surface area contributed by atoms with Crippen molar-refractivity contribution in [3.63, 3.8) is 0 Å². The molecule has 0 saturated carbocycles. The fraction of sp³-hybridized carbons (Fsp3) is 0.162. The molecule has 0 radical (unpaired) electrons. The van der Waals surface area contributed by atoms with Crippen LogP contribution in [0.1, 0.15) is 34.8 Å². The summed E-state index contributed by atoms with van der Waals surface area (Å²) in [4.78, 5) is 31.5. The van der Waals surface area contributed by atoms with Crippen LogP contribution in [-0.4, -0.2) is 29.4 Å². The predicted molar refractivity (Wildman–Crippen MR) is 181 cm³/mol. The van der Waals surface area contributed by atoms with E-state index in [0.717, 1.165) is 16.7 Å². The lowest BCUT2D eigenvalue weighted by Gasteiger charge is -2.18. The van der Waals surface area contributed by atoms with Gasteiger partial charge in [-0.15, -0.1) is 12.4 Å². The molecule has 2 amide bonds. The molecule has 0 aliphatic rings. The molecule has 0 aliphatic carbocycles. The summed E-state index contributed by atoms with van der Waals surface area (Å²) in [7, 11) is 0. The van der Waals surface area contributed by atoms with Gasteiger partial charge in [-0.1, -0.05) is 73.7 Å². The number of halogens is 2. The molecule has 4 N–H and O–H groups in total. The zero-order valence-electron chi connectivity index (χ0n) is 25.4. The highest BCUT2D eigenvalue weighted by Crippen LogP contribution is 2.36. The summed E-state index contributed by atoms with van der Waals surface area (Å²) in [5.41, 5.74) is 10.5. The van der Waals surface area contributed by atoms with Gasteiger partial charge in [0, 0.05) is 35.0 Å². The standard InChI is InChI=1S/C37H35FN4O3.ClH/c1-2-34(41-24-28-13-6-7-16-33(28)38)36(44)42-35(43)30-18-17-27(26-11-4-3-5-12-26)23-32(30)31-15-9-21-40-37(31)45-29-14-8-10-25(22-29)19-20-39;/h3-18,21-23,34,41H,2,19-20,24,39H2,1H3,(H,42,43,44);1H. The predicted octanol–water partition coefficient (Wildman–Crippen LogP) is 7.09. The summed E-state index contributed by atoms with van der Waals surface area (Å²) in [6.07, 6.45) is 2.73. The number of carbonyl (C=O) groups excluding carboxylic acids is 2. The van der Waals surface area contributed by atoms with E-state index in [9.17, 15) is 14.0 Å². The SMILES string of the molecule is CCC(NCc1ccccc1F)C(=O)NC(=O)c1ccc(-c2ccccc2)cc1-c1cccnc1Oc1cccc(CCN)c1.Cl. The van der Waals surface area contributed by atoms with Gasteiger partial charge in [0.25, 0.3) is 5.91 Å². The Morgan fingerprint density at radius 1 is 0.870 bits per heavy atom. The van der Waals surface area contributed by atoms with E-state index in [1.165, 1.54) is 6.07 Å². The van der Waals surface area contributed by atoms with Crippen LogP contribution in [0.4, 0.5) is 4.39 Å². The fourth-order valence-corrected chi connectivity index (χ4v) is 5.06. The van der Waals surface area contributed by atoms with E-state index in [1.807, 2.05) is 79.7 Å². The van der Waals surface area contributed by atoms with Crippen LogP contribution >= 0.6 is 12.4 Å². The number of rotatable bonds is 12. The van der Waals surface area contributed by atoms with Gasteiger partial charge < -0.3 is 15.8 Å². The number of nitrogens with two attached hydrogens (primary N) is 1. The normalized spacial score (nSPS) is 11.3. The lowest BCUT2D eigenvalue weighted by atomic mass is 9.94. The molecule has 0 bridgehead atoms. The van der Waals surface area contributed by atoms with Gasteiger partial charge in [0.15, 0.2) is 0 Å². The van der Waals surface area contributed by atoms with Gasteiger partial charge in [-0.3, -0.25) is 14.9 Å². The topological polar surface area (TPSA) is 106 Å². The van der Waals surface area contributed by atoms with Gasteiger partial charge in [0.05, 0.1) is 6.04 Å². The molecule has 0 spiro atoms. The number of amides is 2. The second-order valence-electron chi connectivity index (χ2n) is 10.5. The van der Waals surface area contributed by atoms with E-state index in [0.29, 0.717) is 47.7 Å². The quantitative estimate of drug-likeness (QED) is 0.135. The second kappa shape index (κ2) is 16.4. The van der Waals surface area contributed by atoms with Crippen molar-refractivity contribution in [2.24, 2.45) is 5.73 Å². The minimum absolute atomic E-state index is 0. The van der Waals surface area contributed by atoms with Crippen LogP contribution < -0.4 is 21.1 Å². The van der Waals surface area contributed by atoms with Crippen molar-refractivity contribution in [1.82, 2.24) is 15.6 Å². The average molecular weight is 639 g/mol. The van der Waals surface area contributed by atoms with Crippen LogP contribution in [0, 0.1) is 5.82 Å². The van der Waals surface area contributed by atoms with Crippen LogP contribution in [0.3, 0.4) is 0 Å². The van der Waals surface area contributed by atoms with E-state index in [-0.39, 0.29) is 30.3 Å². The van der Waals surface area contributed by atoms with Crippen LogP contribution in [0.15, 0.2) is 115 Å². The number of nitrogens with one attached hydrogen (secondary N) is 2. The highest BCUT2D eigenvalue weighted by atomic mass is 35.5. The molecule has 0 saturated heterocycles. The summed E-state index contributed by atoms with van der Waals surface area (Å²) >= 11 is 0. The number of pyridine rings is 1. The van der Waals surface area contributed by atoms with Crippen molar-refractivity contribution < 1.29 is 18.7 Å². The largest absolute Gasteiger partial charge is 0.438 e. The third-order valence-electron chi connectivity index (χ3n) is 7.44. The van der Waals surface area contributed by atoms with Crippen molar-refractivity contribution >= 4 is 24.2 Å². The molecule has 5 rings (SSSR count). The first kappa shape index (κ1) is 34.0. The Morgan fingerprint density at radius 3 is 2.41 bits per heavy atom. The molecule has 46 heavy (non-hydrogen) atoms. The third kappa shape index (κ3) is 8.43. The van der Waals surface area contributed by atoms with Crippen molar-refractivity contribution in [2.45, 2.75) is 32.4 Å². The first-order valence-electron chi connectivity index (χ1n) is 14.9. The number of nitrogens with zero attached hydrogens (tertiary/aromatic N) is 1. The highest BCUT2D eigenvalue weighted by Gasteiger charge is 2.23. The highest BCUT2D eigenvalue weighted by molar-refractivity contribution is 6.10.